The molecule has 0 bridgehead atoms. The smallest absolute Gasteiger partial charge is 0.329 e. The second-order valence-electron chi connectivity index (χ2n) is 7.18. The topological polar surface area (TPSA) is 99.5 Å². The normalized spacial score (nSPS) is 12.9. The molecule has 0 aliphatic heterocycles. The maximum Gasteiger partial charge on any atom is 0.329 e. The maximum atomic E-state index is 13.1. The monoisotopic (exact) mass is 443 g/mol. The summed E-state index contributed by atoms with van der Waals surface area (Å²) in [6.45, 7) is 7.00. The first-order valence-electron chi connectivity index (χ1n) is 9.93. The third kappa shape index (κ3) is 4.46. The Labute approximate surface area is 183 Å². The van der Waals surface area contributed by atoms with E-state index in [1.807, 2.05) is 6.92 Å². The number of nitrogens with one attached hydrogen (secondary N) is 1. The van der Waals surface area contributed by atoms with E-state index < -0.39 is 12.0 Å². The van der Waals surface area contributed by atoms with Gasteiger partial charge in [-0.25, -0.2) is 9.78 Å². The maximum absolute atomic E-state index is 13.1. The highest BCUT2D eigenvalue weighted by Crippen LogP contribution is 2.30. The van der Waals surface area contributed by atoms with Gasteiger partial charge in [-0.15, -0.1) is 11.3 Å². The number of amides is 1. The van der Waals surface area contributed by atoms with Crippen molar-refractivity contribution in [3.63, 3.8) is 0 Å². The third-order valence-electron chi connectivity index (χ3n) is 5.09. The number of para-hydroxylation sites is 2. The fourth-order valence-corrected chi connectivity index (χ4v) is 4.08. The minimum absolute atomic E-state index is 0.240. The zero-order valence-electron chi connectivity index (χ0n) is 18.1. The van der Waals surface area contributed by atoms with Gasteiger partial charge in [0.05, 0.1) is 35.5 Å². The summed E-state index contributed by atoms with van der Waals surface area (Å²) in [5.74, 6) is -0.330. The molecular formula is C22H25N3O5S. The van der Waals surface area contributed by atoms with E-state index >= 15 is 0 Å². The molecule has 1 aromatic carbocycles. The largest absolute Gasteiger partial charge is 0.495 e. The highest BCUT2D eigenvalue weighted by atomic mass is 32.1. The van der Waals surface area contributed by atoms with Gasteiger partial charge in [-0.1, -0.05) is 19.1 Å². The number of benzene rings is 1. The van der Waals surface area contributed by atoms with Crippen LogP contribution < -0.4 is 15.6 Å². The molecule has 8 nitrogen and oxygen atoms in total. The predicted octanol–water partition coefficient (Wildman–Crippen LogP) is 3.93. The van der Waals surface area contributed by atoms with Gasteiger partial charge in [-0.3, -0.25) is 14.2 Å². The Morgan fingerprint density at radius 1 is 1.26 bits per heavy atom. The van der Waals surface area contributed by atoms with Crippen LogP contribution in [0, 0.1) is 6.92 Å². The number of thiophene rings is 1. The predicted molar refractivity (Wildman–Crippen MR) is 120 cm³/mol. The molecule has 9 heteroatoms. The molecule has 0 fully saturated rings. The molecule has 2 atom stereocenters. The number of esters is 1. The summed E-state index contributed by atoms with van der Waals surface area (Å²) in [4.78, 5) is 43.5. The molecule has 1 amide bonds. The minimum atomic E-state index is -0.830. The van der Waals surface area contributed by atoms with Crippen LogP contribution in [0.25, 0.3) is 10.2 Å². The number of aromatic nitrogens is 2. The molecule has 1 N–H and O–H groups in total. The summed E-state index contributed by atoms with van der Waals surface area (Å²) in [6.07, 6.45) is 1.76. The molecule has 0 radical (unpaired) electrons. The van der Waals surface area contributed by atoms with Gasteiger partial charge < -0.3 is 14.8 Å². The number of methoxy groups -OCH3 is 1. The van der Waals surface area contributed by atoms with Gasteiger partial charge >= 0.3 is 5.97 Å². The molecule has 0 saturated heterocycles. The zero-order chi connectivity index (χ0) is 22.7. The van der Waals surface area contributed by atoms with Gasteiger partial charge in [-0.2, -0.15) is 0 Å². The van der Waals surface area contributed by atoms with Crippen molar-refractivity contribution >= 4 is 39.1 Å². The second-order valence-corrected chi connectivity index (χ2v) is 8.18. The van der Waals surface area contributed by atoms with Crippen molar-refractivity contribution in [2.24, 2.45) is 0 Å². The zero-order valence-corrected chi connectivity index (χ0v) is 18.9. The molecule has 0 spiro atoms. The number of aryl methyl sites for hydroxylation is 1. The molecule has 31 heavy (non-hydrogen) atoms. The van der Waals surface area contributed by atoms with Gasteiger partial charge in [0.2, 0.25) is 0 Å². The molecule has 164 valence electrons. The summed E-state index contributed by atoms with van der Waals surface area (Å²) in [5.41, 5.74) is 0.657. The molecular weight excluding hydrogens is 418 g/mol. The van der Waals surface area contributed by atoms with Crippen LogP contribution in [-0.4, -0.2) is 34.6 Å². The summed E-state index contributed by atoms with van der Waals surface area (Å²) in [5, 5.41) is 3.14. The van der Waals surface area contributed by atoms with Gasteiger partial charge in [0.15, 0.2) is 0 Å². The van der Waals surface area contributed by atoms with Crippen LogP contribution in [0.2, 0.25) is 0 Å². The highest BCUT2D eigenvalue weighted by Gasteiger charge is 2.24. The highest BCUT2D eigenvalue weighted by molar-refractivity contribution is 7.20. The average Bonchev–Trinajstić information content (AvgIpc) is 3.11. The lowest BCUT2D eigenvalue weighted by atomic mass is 10.2. The first-order chi connectivity index (χ1) is 14.8. The first-order valence-corrected chi connectivity index (χ1v) is 10.7. The number of anilines is 1. The van der Waals surface area contributed by atoms with E-state index in [2.05, 4.69) is 10.3 Å². The number of hydrogen-bond donors (Lipinski definition) is 1. The fraction of sp³-hybridized carbons (Fsp3) is 0.364. The van der Waals surface area contributed by atoms with Crippen LogP contribution in [0.4, 0.5) is 5.69 Å². The van der Waals surface area contributed by atoms with Crippen molar-refractivity contribution in [3.05, 3.63) is 51.4 Å². The quantitative estimate of drug-likeness (QED) is 0.556. The van der Waals surface area contributed by atoms with Crippen molar-refractivity contribution in [3.8, 4) is 5.75 Å². The van der Waals surface area contributed by atoms with Crippen LogP contribution in [0.3, 0.4) is 0 Å². The minimum Gasteiger partial charge on any atom is -0.495 e. The Hall–Kier alpha value is -3.20. The average molecular weight is 444 g/mol. The SMILES string of the molecule is CCC(C)OC(=O)C(C)n1cnc2sc(C(=O)Nc3ccccc3OC)c(C)c2c1=O. The third-order valence-corrected chi connectivity index (χ3v) is 6.29. The van der Waals surface area contributed by atoms with Gasteiger partial charge in [0, 0.05) is 0 Å². The van der Waals surface area contributed by atoms with Crippen LogP contribution in [0.1, 0.15) is 48.5 Å². The molecule has 2 heterocycles. The Bertz CT molecular complexity index is 1180. The van der Waals surface area contributed by atoms with Gasteiger partial charge in [0.25, 0.3) is 11.5 Å². The van der Waals surface area contributed by atoms with E-state index in [9.17, 15) is 14.4 Å². The summed E-state index contributed by atoms with van der Waals surface area (Å²) in [7, 11) is 1.52. The molecule has 0 aliphatic carbocycles. The van der Waals surface area contributed by atoms with Crippen LogP contribution in [-0.2, 0) is 9.53 Å². The number of ether oxygens (including phenoxy) is 2. The molecule has 2 aromatic heterocycles. The van der Waals surface area contributed by atoms with Crippen LogP contribution in [0.15, 0.2) is 35.4 Å². The number of carbonyl (C=O) groups is 2. The Morgan fingerprint density at radius 2 is 1.97 bits per heavy atom. The van der Waals surface area contributed by atoms with E-state index in [1.165, 1.54) is 18.0 Å². The van der Waals surface area contributed by atoms with Crippen molar-refractivity contribution < 1.29 is 19.1 Å². The lowest BCUT2D eigenvalue weighted by Gasteiger charge is -2.17. The molecule has 3 aromatic rings. The number of carbonyl (C=O) groups excluding carboxylic acids is 2. The number of nitrogens with zero attached hydrogens (tertiary/aromatic N) is 2. The van der Waals surface area contributed by atoms with Gasteiger partial charge in [0.1, 0.15) is 16.6 Å². The van der Waals surface area contributed by atoms with Gasteiger partial charge in [-0.05, 0) is 44.9 Å². The van der Waals surface area contributed by atoms with E-state index in [0.29, 0.717) is 38.5 Å². The van der Waals surface area contributed by atoms with E-state index in [1.54, 1.807) is 45.0 Å². The molecule has 0 saturated carbocycles. The summed E-state index contributed by atoms with van der Waals surface area (Å²) >= 11 is 1.13. The standard InChI is InChI=1S/C22H25N3O5S/c1-6-12(2)30-22(28)14(4)25-11-23-20-17(21(25)27)13(3)18(31-20)19(26)24-15-9-7-8-10-16(15)29-5/h7-12,14H,6H2,1-5H3,(H,24,26). The van der Waals surface area contributed by atoms with E-state index in [0.717, 1.165) is 11.3 Å². The second kappa shape index (κ2) is 9.30. The molecule has 3 rings (SSSR count). The van der Waals surface area contributed by atoms with Crippen molar-refractivity contribution in [2.45, 2.75) is 46.3 Å². The Morgan fingerprint density at radius 3 is 2.65 bits per heavy atom. The van der Waals surface area contributed by atoms with Crippen LogP contribution >= 0.6 is 11.3 Å². The van der Waals surface area contributed by atoms with Crippen molar-refractivity contribution in [2.75, 3.05) is 12.4 Å². The first kappa shape index (κ1) is 22.5. The number of rotatable bonds is 7. The summed E-state index contributed by atoms with van der Waals surface area (Å²) < 4.78 is 11.9. The Kier molecular flexibility index (Phi) is 6.74. The molecule has 2 unspecified atom stereocenters. The lowest BCUT2D eigenvalue weighted by molar-refractivity contribution is -0.152. The number of fused-ring (bicyclic) bond motifs is 1. The Balaban J connectivity index is 1.95. The fourth-order valence-electron chi connectivity index (χ4n) is 3.05. The number of hydrogen-bond acceptors (Lipinski definition) is 7. The summed E-state index contributed by atoms with van der Waals surface area (Å²) in [6, 6.07) is 6.24. The van der Waals surface area contributed by atoms with E-state index in [4.69, 9.17) is 9.47 Å². The molecule has 0 aliphatic rings. The lowest BCUT2D eigenvalue weighted by Crippen LogP contribution is -2.31. The van der Waals surface area contributed by atoms with Crippen molar-refractivity contribution in [1.82, 2.24) is 9.55 Å². The van der Waals surface area contributed by atoms with Crippen molar-refractivity contribution in [1.29, 1.82) is 0 Å². The van der Waals surface area contributed by atoms with Crippen LogP contribution in [0.5, 0.6) is 5.75 Å². The van der Waals surface area contributed by atoms with E-state index in [-0.39, 0.29) is 17.6 Å².